The van der Waals surface area contributed by atoms with E-state index in [1.807, 2.05) is 6.92 Å². The number of carbonyl (C=O) groups excluding carboxylic acids is 1. The first-order valence-corrected chi connectivity index (χ1v) is 5.60. The Hall–Kier alpha value is -0.410. The molecule has 1 saturated carbocycles. The summed E-state index contributed by atoms with van der Waals surface area (Å²) in [5, 5.41) is 0. The standard InChI is InChI=1S/C11H21NO2/c1-2-7-14-8-11(13)9-3-5-10(12)6-4-9/h9-10H,2-8,12H2,1H3. The van der Waals surface area contributed by atoms with Crippen LogP contribution in [0, 0.1) is 5.92 Å². The average Bonchev–Trinajstić information content (AvgIpc) is 2.19. The van der Waals surface area contributed by atoms with Crippen molar-refractivity contribution in [2.45, 2.75) is 45.1 Å². The SMILES string of the molecule is CCCOCC(=O)C1CCC(N)CC1. The summed E-state index contributed by atoms with van der Waals surface area (Å²) in [7, 11) is 0. The number of hydrogen-bond acceptors (Lipinski definition) is 3. The zero-order valence-corrected chi connectivity index (χ0v) is 9.00. The quantitative estimate of drug-likeness (QED) is 0.683. The first-order chi connectivity index (χ1) is 6.74. The highest BCUT2D eigenvalue weighted by Crippen LogP contribution is 2.23. The summed E-state index contributed by atoms with van der Waals surface area (Å²) < 4.78 is 5.24. The fourth-order valence-electron chi connectivity index (χ4n) is 1.88. The first-order valence-electron chi connectivity index (χ1n) is 5.60. The average molecular weight is 199 g/mol. The van der Waals surface area contributed by atoms with Gasteiger partial charge >= 0.3 is 0 Å². The molecule has 0 bridgehead atoms. The molecular formula is C11H21NO2. The number of Topliss-reactive ketones (excluding diaryl/α,β-unsaturated/α-hetero) is 1. The van der Waals surface area contributed by atoms with Crippen LogP contribution in [-0.2, 0) is 9.53 Å². The molecule has 0 radical (unpaired) electrons. The molecule has 0 amide bonds. The van der Waals surface area contributed by atoms with Crippen LogP contribution in [0.3, 0.4) is 0 Å². The zero-order chi connectivity index (χ0) is 10.4. The van der Waals surface area contributed by atoms with E-state index in [-0.39, 0.29) is 11.7 Å². The highest BCUT2D eigenvalue weighted by Gasteiger charge is 2.24. The lowest BCUT2D eigenvalue weighted by atomic mass is 9.84. The Balaban J connectivity index is 2.17. The van der Waals surface area contributed by atoms with Crippen molar-refractivity contribution in [1.29, 1.82) is 0 Å². The summed E-state index contributed by atoms with van der Waals surface area (Å²) in [6.07, 6.45) is 4.86. The van der Waals surface area contributed by atoms with E-state index in [0.29, 0.717) is 19.3 Å². The Kier molecular flexibility index (Phi) is 5.12. The molecule has 1 rings (SSSR count). The molecule has 14 heavy (non-hydrogen) atoms. The van der Waals surface area contributed by atoms with Crippen molar-refractivity contribution in [3.8, 4) is 0 Å². The summed E-state index contributed by atoms with van der Waals surface area (Å²) in [4.78, 5) is 11.6. The van der Waals surface area contributed by atoms with Gasteiger partial charge < -0.3 is 10.5 Å². The van der Waals surface area contributed by atoms with Gasteiger partial charge in [-0.2, -0.15) is 0 Å². The van der Waals surface area contributed by atoms with Gasteiger partial charge in [-0.05, 0) is 32.1 Å². The molecule has 2 N–H and O–H groups in total. The largest absolute Gasteiger partial charge is 0.374 e. The number of nitrogens with two attached hydrogens (primary N) is 1. The molecule has 3 heteroatoms. The fourth-order valence-corrected chi connectivity index (χ4v) is 1.88. The summed E-state index contributed by atoms with van der Waals surface area (Å²) in [5.74, 6) is 0.483. The predicted molar refractivity (Wildman–Crippen MR) is 56.1 cm³/mol. The lowest BCUT2D eigenvalue weighted by molar-refractivity contribution is -0.128. The van der Waals surface area contributed by atoms with Crippen LogP contribution in [0.4, 0.5) is 0 Å². The molecule has 0 aromatic rings. The van der Waals surface area contributed by atoms with Gasteiger partial charge in [0.25, 0.3) is 0 Å². The second-order valence-corrected chi connectivity index (χ2v) is 4.13. The van der Waals surface area contributed by atoms with Gasteiger partial charge in [0, 0.05) is 18.6 Å². The molecule has 0 saturated heterocycles. The van der Waals surface area contributed by atoms with E-state index in [2.05, 4.69) is 0 Å². The lowest BCUT2D eigenvalue weighted by Gasteiger charge is -2.24. The van der Waals surface area contributed by atoms with E-state index in [1.165, 1.54) is 0 Å². The van der Waals surface area contributed by atoms with Crippen LogP contribution in [0.25, 0.3) is 0 Å². The maximum atomic E-state index is 11.6. The van der Waals surface area contributed by atoms with Crippen LogP contribution in [-0.4, -0.2) is 25.0 Å². The van der Waals surface area contributed by atoms with E-state index < -0.39 is 0 Å². The Morgan fingerprint density at radius 1 is 1.36 bits per heavy atom. The molecule has 0 heterocycles. The maximum Gasteiger partial charge on any atom is 0.161 e. The van der Waals surface area contributed by atoms with E-state index >= 15 is 0 Å². The Morgan fingerprint density at radius 3 is 2.57 bits per heavy atom. The monoisotopic (exact) mass is 199 g/mol. The van der Waals surface area contributed by atoms with E-state index in [9.17, 15) is 4.79 Å². The van der Waals surface area contributed by atoms with Crippen molar-refractivity contribution in [3.63, 3.8) is 0 Å². The van der Waals surface area contributed by atoms with Crippen molar-refractivity contribution in [2.75, 3.05) is 13.2 Å². The molecule has 3 nitrogen and oxygen atoms in total. The van der Waals surface area contributed by atoms with Gasteiger partial charge in [0.15, 0.2) is 5.78 Å². The van der Waals surface area contributed by atoms with Gasteiger partial charge in [-0.15, -0.1) is 0 Å². The number of carbonyl (C=O) groups is 1. The topological polar surface area (TPSA) is 52.3 Å². The molecule has 0 atom stereocenters. The van der Waals surface area contributed by atoms with E-state index in [1.54, 1.807) is 0 Å². The fraction of sp³-hybridized carbons (Fsp3) is 0.909. The molecular weight excluding hydrogens is 178 g/mol. The van der Waals surface area contributed by atoms with Gasteiger partial charge in [0.2, 0.25) is 0 Å². The molecule has 0 aromatic carbocycles. The second kappa shape index (κ2) is 6.14. The normalized spacial score (nSPS) is 27.6. The molecule has 0 spiro atoms. The van der Waals surface area contributed by atoms with Crippen LogP contribution in [0.2, 0.25) is 0 Å². The van der Waals surface area contributed by atoms with Crippen molar-refractivity contribution in [3.05, 3.63) is 0 Å². The molecule has 0 aromatic heterocycles. The molecule has 0 aliphatic heterocycles. The number of hydrogen-bond donors (Lipinski definition) is 1. The van der Waals surface area contributed by atoms with Crippen LogP contribution in [0.15, 0.2) is 0 Å². The molecule has 1 aliphatic rings. The number of ether oxygens (including phenoxy) is 1. The summed E-state index contributed by atoms with van der Waals surface area (Å²) in [6.45, 7) is 3.04. The van der Waals surface area contributed by atoms with E-state index in [0.717, 1.165) is 32.1 Å². The molecule has 1 fully saturated rings. The number of ketones is 1. The van der Waals surface area contributed by atoms with E-state index in [4.69, 9.17) is 10.5 Å². The Bertz CT molecular complexity index is 174. The molecule has 0 unspecified atom stereocenters. The lowest BCUT2D eigenvalue weighted by Crippen LogP contribution is -2.31. The third kappa shape index (κ3) is 3.76. The van der Waals surface area contributed by atoms with Gasteiger partial charge in [0.05, 0.1) is 0 Å². The minimum absolute atomic E-state index is 0.214. The second-order valence-electron chi connectivity index (χ2n) is 4.13. The van der Waals surface area contributed by atoms with Gasteiger partial charge in [-0.1, -0.05) is 6.92 Å². The highest BCUT2D eigenvalue weighted by atomic mass is 16.5. The Labute approximate surface area is 86.0 Å². The van der Waals surface area contributed by atoms with Crippen molar-refractivity contribution >= 4 is 5.78 Å². The van der Waals surface area contributed by atoms with Crippen LogP contribution >= 0.6 is 0 Å². The minimum Gasteiger partial charge on any atom is -0.374 e. The van der Waals surface area contributed by atoms with Gasteiger partial charge in [0.1, 0.15) is 6.61 Å². The maximum absolute atomic E-state index is 11.6. The zero-order valence-electron chi connectivity index (χ0n) is 9.00. The summed E-state index contributed by atoms with van der Waals surface area (Å²) >= 11 is 0. The predicted octanol–water partition coefficient (Wildman–Crippen LogP) is 1.50. The molecule has 1 aliphatic carbocycles. The van der Waals surface area contributed by atoms with Crippen LogP contribution in [0.5, 0.6) is 0 Å². The van der Waals surface area contributed by atoms with Crippen molar-refractivity contribution < 1.29 is 9.53 Å². The Morgan fingerprint density at radius 2 is 2.00 bits per heavy atom. The third-order valence-corrected chi connectivity index (χ3v) is 2.82. The van der Waals surface area contributed by atoms with Crippen LogP contribution < -0.4 is 5.73 Å². The highest BCUT2D eigenvalue weighted by molar-refractivity contribution is 5.82. The molecule has 82 valence electrons. The van der Waals surface area contributed by atoms with Crippen molar-refractivity contribution in [2.24, 2.45) is 11.7 Å². The van der Waals surface area contributed by atoms with Gasteiger partial charge in [-0.25, -0.2) is 0 Å². The van der Waals surface area contributed by atoms with Crippen LogP contribution in [0.1, 0.15) is 39.0 Å². The minimum atomic E-state index is 0.214. The van der Waals surface area contributed by atoms with Gasteiger partial charge in [-0.3, -0.25) is 4.79 Å². The smallest absolute Gasteiger partial charge is 0.161 e. The summed E-state index contributed by atoms with van der Waals surface area (Å²) in [5.41, 5.74) is 5.78. The first kappa shape index (κ1) is 11.7. The number of rotatable bonds is 5. The summed E-state index contributed by atoms with van der Waals surface area (Å²) in [6, 6.07) is 0.315. The van der Waals surface area contributed by atoms with Crippen molar-refractivity contribution in [1.82, 2.24) is 0 Å². The third-order valence-electron chi connectivity index (χ3n) is 2.82.